The number of fused-ring (bicyclic) bond motifs is 1. The van der Waals surface area contributed by atoms with E-state index in [1.54, 1.807) is 0 Å². The van der Waals surface area contributed by atoms with Crippen LogP contribution in [0.25, 0.3) is 11.0 Å². The van der Waals surface area contributed by atoms with Gasteiger partial charge in [0.25, 0.3) is 0 Å². The van der Waals surface area contributed by atoms with Crippen molar-refractivity contribution in [1.82, 2.24) is 14.5 Å². The number of imidazole rings is 1. The molecular formula is C21H23N3O2. The van der Waals surface area contributed by atoms with Crippen molar-refractivity contribution in [2.45, 2.75) is 38.5 Å². The van der Waals surface area contributed by atoms with Gasteiger partial charge in [-0.2, -0.15) is 0 Å². The summed E-state index contributed by atoms with van der Waals surface area (Å²) >= 11 is 0. The van der Waals surface area contributed by atoms with E-state index >= 15 is 0 Å². The maximum Gasteiger partial charge on any atom is 0.224 e. The Hall–Kier alpha value is -2.66. The summed E-state index contributed by atoms with van der Waals surface area (Å²) in [6, 6.07) is 18.2. The average molecular weight is 349 g/mol. The molecule has 1 aliphatic heterocycles. The molecule has 0 radical (unpaired) electrons. The van der Waals surface area contributed by atoms with Crippen LogP contribution in [0.15, 0.2) is 54.6 Å². The Morgan fingerprint density at radius 2 is 1.88 bits per heavy atom. The van der Waals surface area contributed by atoms with Crippen LogP contribution in [0, 0.1) is 0 Å². The number of aryl methyl sites for hydroxylation is 1. The first-order valence-electron chi connectivity index (χ1n) is 9.17. The van der Waals surface area contributed by atoms with E-state index < -0.39 is 0 Å². The van der Waals surface area contributed by atoms with Gasteiger partial charge in [0.1, 0.15) is 12.4 Å². The van der Waals surface area contributed by atoms with Crippen molar-refractivity contribution >= 4 is 16.9 Å². The van der Waals surface area contributed by atoms with Crippen LogP contribution >= 0.6 is 0 Å². The monoisotopic (exact) mass is 349 g/mol. The third-order valence-electron chi connectivity index (χ3n) is 5.18. The van der Waals surface area contributed by atoms with Gasteiger partial charge < -0.3 is 14.6 Å². The van der Waals surface area contributed by atoms with Gasteiger partial charge in [-0.25, -0.2) is 4.98 Å². The molecule has 1 N–H and O–H groups in total. The average Bonchev–Trinajstić information content (AvgIpc) is 3.31. The Morgan fingerprint density at radius 1 is 1.12 bits per heavy atom. The van der Waals surface area contributed by atoms with Crippen LogP contribution < -0.4 is 0 Å². The topological polar surface area (TPSA) is 58.4 Å². The first-order chi connectivity index (χ1) is 12.8. The van der Waals surface area contributed by atoms with E-state index in [4.69, 9.17) is 0 Å². The van der Waals surface area contributed by atoms with E-state index in [2.05, 4.69) is 17.1 Å². The smallest absolute Gasteiger partial charge is 0.224 e. The summed E-state index contributed by atoms with van der Waals surface area (Å²) in [5.74, 6) is 0.776. The molecule has 134 valence electrons. The number of carbonyl (C=O) groups is 1. The number of rotatable bonds is 5. The number of aromatic nitrogens is 2. The van der Waals surface area contributed by atoms with Crippen molar-refractivity contribution in [3.8, 4) is 0 Å². The maximum absolute atomic E-state index is 12.9. The zero-order valence-electron chi connectivity index (χ0n) is 14.7. The van der Waals surface area contributed by atoms with Crippen LogP contribution in [0.3, 0.4) is 0 Å². The lowest BCUT2D eigenvalue weighted by atomic mass is 10.0. The van der Waals surface area contributed by atoms with Gasteiger partial charge in [-0.15, -0.1) is 0 Å². The zero-order valence-corrected chi connectivity index (χ0v) is 14.7. The van der Waals surface area contributed by atoms with Gasteiger partial charge in [0.2, 0.25) is 5.91 Å². The highest BCUT2D eigenvalue weighted by Gasteiger charge is 2.29. The summed E-state index contributed by atoms with van der Waals surface area (Å²) in [7, 11) is 0. The molecule has 1 atom stereocenters. The number of likely N-dealkylation sites (tertiary alicyclic amines) is 1. The van der Waals surface area contributed by atoms with Crippen molar-refractivity contribution in [3.05, 3.63) is 66.0 Å². The van der Waals surface area contributed by atoms with Crippen molar-refractivity contribution < 1.29 is 9.90 Å². The van der Waals surface area contributed by atoms with E-state index in [9.17, 15) is 9.90 Å². The first-order valence-corrected chi connectivity index (χ1v) is 9.17. The number of hydrogen-bond acceptors (Lipinski definition) is 3. The van der Waals surface area contributed by atoms with Crippen LogP contribution in [0.1, 0.15) is 36.7 Å². The van der Waals surface area contributed by atoms with Crippen molar-refractivity contribution in [2.24, 2.45) is 0 Å². The largest absolute Gasteiger partial charge is 0.388 e. The predicted octanol–water partition coefficient (Wildman–Crippen LogP) is 3.28. The van der Waals surface area contributed by atoms with E-state index in [0.717, 1.165) is 30.4 Å². The molecule has 1 aromatic heterocycles. The number of aliphatic hydroxyl groups excluding tert-OH is 1. The number of para-hydroxylation sites is 2. The number of nitrogens with zero attached hydrogens (tertiary/aromatic N) is 3. The summed E-state index contributed by atoms with van der Waals surface area (Å²) in [6.45, 7) is 1.22. The van der Waals surface area contributed by atoms with Gasteiger partial charge in [0.15, 0.2) is 0 Å². The highest BCUT2D eigenvalue weighted by Crippen LogP contribution is 2.32. The Morgan fingerprint density at radius 3 is 2.69 bits per heavy atom. The second kappa shape index (κ2) is 7.30. The standard InChI is InChI=1S/C21H23N3O2/c25-15-20-22-17-9-4-5-10-19(17)23(20)14-12-21(26)24-13-6-11-18(24)16-7-2-1-3-8-16/h1-5,7-10,18,25H,6,11-15H2/t18-/m0/s1. The molecule has 0 spiro atoms. The second-order valence-electron chi connectivity index (χ2n) is 6.73. The molecule has 0 saturated carbocycles. The van der Waals surface area contributed by atoms with Crippen molar-refractivity contribution in [3.63, 3.8) is 0 Å². The van der Waals surface area contributed by atoms with E-state index in [0.29, 0.717) is 18.8 Å². The molecule has 5 nitrogen and oxygen atoms in total. The fourth-order valence-electron chi connectivity index (χ4n) is 3.93. The number of benzene rings is 2. The molecule has 0 unspecified atom stereocenters. The summed E-state index contributed by atoms with van der Waals surface area (Å²) in [5, 5.41) is 9.61. The SMILES string of the molecule is O=C(CCn1c(CO)nc2ccccc21)N1CCC[C@H]1c1ccccc1. The number of carbonyl (C=O) groups excluding carboxylic acids is 1. The minimum absolute atomic E-state index is 0.126. The first kappa shape index (κ1) is 16.8. The lowest BCUT2D eigenvalue weighted by molar-refractivity contribution is -0.132. The molecule has 0 bridgehead atoms. The van der Waals surface area contributed by atoms with Crippen LogP contribution in [-0.2, 0) is 17.9 Å². The molecule has 2 aromatic carbocycles. The molecular weight excluding hydrogens is 326 g/mol. The molecule has 1 saturated heterocycles. The molecule has 2 heterocycles. The Kier molecular flexibility index (Phi) is 4.71. The second-order valence-corrected chi connectivity index (χ2v) is 6.73. The lowest BCUT2D eigenvalue weighted by Gasteiger charge is -2.25. The molecule has 4 rings (SSSR count). The summed E-state index contributed by atoms with van der Waals surface area (Å²) < 4.78 is 1.96. The lowest BCUT2D eigenvalue weighted by Crippen LogP contribution is -2.31. The quantitative estimate of drug-likeness (QED) is 0.769. The van der Waals surface area contributed by atoms with E-state index in [1.807, 2.05) is 51.9 Å². The fourth-order valence-corrected chi connectivity index (χ4v) is 3.93. The minimum Gasteiger partial charge on any atom is -0.388 e. The van der Waals surface area contributed by atoms with Gasteiger partial charge in [-0.1, -0.05) is 42.5 Å². The molecule has 0 aliphatic carbocycles. The third-order valence-corrected chi connectivity index (χ3v) is 5.18. The summed E-state index contributed by atoms with van der Waals surface area (Å²) in [5.41, 5.74) is 3.03. The van der Waals surface area contributed by atoms with Gasteiger partial charge in [-0.05, 0) is 30.5 Å². The molecule has 1 amide bonds. The molecule has 5 heteroatoms. The highest BCUT2D eigenvalue weighted by atomic mass is 16.3. The molecule has 1 fully saturated rings. The van der Waals surface area contributed by atoms with Gasteiger partial charge >= 0.3 is 0 Å². The third kappa shape index (κ3) is 3.10. The number of hydrogen-bond donors (Lipinski definition) is 1. The molecule has 1 aliphatic rings. The zero-order chi connectivity index (χ0) is 17.9. The Balaban J connectivity index is 1.51. The van der Waals surface area contributed by atoms with Crippen molar-refractivity contribution in [1.29, 1.82) is 0 Å². The molecule has 3 aromatic rings. The Bertz CT molecular complexity index is 904. The number of aliphatic hydroxyl groups is 1. The maximum atomic E-state index is 12.9. The fraction of sp³-hybridized carbons (Fsp3) is 0.333. The van der Waals surface area contributed by atoms with Gasteiger partial charge in [0.05, 0.1) is 17.1 Å². The predicted molar refractivity (Wildman–Crippen MR) is 100 cm³/mol. The molecule has 26 heavy (non-hydrogen) atoms. The van der Waals surface area contributed by atoms with E-state index in [1.165, 1.54) is 5.56 Å². The van der Waals surface area contributed by atoms with Crippen molar-refractivity contribution in [2.75, 3.05) is 6.54 Å². The highest BCUT2D eigenvalue weighted by molar-refractivity contribution is 5.78. The van der Waals surface area contributed by atoms with Crippen LogP contribution in [0.5, 0.6) is 0 Å². The van der Waals surface area contributed by atoms with E-state index in [-0.39, 0.29) is 18.6 Å². The van der Waals surface area contributed by atoms with Gasteiger partial charge in [-0.3, -0.25) is 4.79 Å². The Labute approximate surface area is 152 Å². The van der Waals surface area contributed by atoms with Gasteiger partial charge in [0, 0.05) is 19.5 Å². The summed E-state index contributed by atoms with van der Waals surface area (Å²) in [6.07, 6.45) is 2.48. The summed E-state index contributed by atoms with van der Waals surface area (Å²) in [4.78, 5) is 19.4. The van der Waals surface area contributed by atoms with Crippen LogP contribution in [0.4, 0.5) is 0 Å². The van der Waals surface area contributed by atoms with Crippen LogP contribution in [-0.4, -0.2) is 32.0 Å². The normalized spacial score (nSPS) is 17.1. The van der Waals surface area contributed by atoms with Crippen LogP contribution in [0.2, 0.25) is 0 Å². The minimum atomic E-state index is -0.126. The number of amides is 1.